The molecule has 1 fully saturated rings. The van der Waals surface area contributed by atoms with Gasteiger partial charge in [0.2, 0.25) is 0 Å². The van der Waals surface area contributed by atoms with Crippen molar-refractivity contribution in [3.63, 3.8) is 0 Å². The molecule has 2 aromatic rings. The number of anilines is 1. The quantitative estimate of drug-likeness (QED) is 0.797. The van der Waals surface area contributed by atoms with Gasteiger partial charge in [-0.3, -0.25) is 0 Å². The van der Waals surface area contributed by atoms with Gasteiger partial charge < -0.3 is 10.2 Å². The molecule has 0 unspecified atom stereocenters. The fourth-order valence-corrected chi connectivity index (χ4v) is 4.14. The lowest BCUT2D eigenvalue weighted by Gasteiger charge is -2.30. The average Bonchev–Trinajstić information content (AvgIpc) is 2.99. The Labute approximate surface area is 142 Å². The van der Waals surface area contributed by atoms with E-state index in [4.69, 9.17) is 0 Å². The Hall–Kier alpha value is -1.81. The number of benzene rings is 1. The highest BCUT2D eigenvalue weighted by Gasteiger charge is 2.27. The van der Waals surface area contributed by atoms with Crippen molar-refractivity contribution in [2.75, 3.05) is 11.9 Å². The number of hydrogen-bond donors (Lipinski definition) is 1. The van der Waals surface area contributed by atoms with E-state index in [0.29, 0.717) is 0 Å². The number of amides is 2. The molecule has 3 rings (SSSR count). The lowest BCUT2D eigenvalue weighted by atomic mass is 10.1. The fourth-order valence-electron chi connectivity index (χ4n) is 3.27. The number of carbonyl (C=O) groups excluding carboxylic acids is 1. The molecule has 3 nitrogen and oxygen atoms in total. The summed E-state index contributed by atoms with van der Waals surface area (Å²) in [6.45, 7) is 2.95. The standard InChI is InChI=1S/C19H24N2OS/c1-2-15-9-5-6-10-16(15)20-19(22)21-13-7-3-4-11-17(21)18-12-8-14-23-18/h5-6,8-10,12,14,17H,2-4,7,11,13H2,1H3,(H,20,22)/t17-/m0/s1. The summed E-state index contributed by atoms with van der Waals surface area (Å²) in [5.74, 6) is 0. The van der Waals surface area contributed by atoms with Crippen LogP contribution in [0.2, 0.25) is 0 Å². The van der Waals surface area contributed by atoms with Crippen LogP contribution < -0.4 is 5.32 Å². The van der Waals surface area contributed by atoms with Crippen LogP contribution in [-0.4, -0.2) is 17.5 Å². The molecular weight excluding hydrogens is 304 g/mol. The number of carbonyl (C=O) groups is 1. The number of likely N-dealkylation sites (tertiary alicyclic amines) is 1. The van der Waals surface area contributed by atoms with E-state index in [1.165, 1.54) is 23.3 Å². The van der Waals surface area contributed by atoms with Gasteiger partial charge in [0.1, 0.15) is 0 Å². The Bertz CT molecular complexity index is 639. The molecule has 122 valence electrons. The molecule has 2 amide bonds. The molecule has 1 aromatic heterocycles. The van der Waals surface area contributed by atoms with Crippen LogP contribution in [0.3, 0.4) is 0 Å². The second-order valence-corrected chi connectivity index (χ2v) is 6.99. The van der Waals surface area contributed by atoms with Crippen LogP contribution in [0.5, 0.6) is 0 Å². The molecule has 23 heavy (non-hydrogen) atoms. The largest absolute Gasteiger partial charge is 0.322 e. The summed E-state index contributed by atoms with van der Waals surface area (Å²) in [6.07, 6.45) is 5.47. The summed E-state index contributed by atoms with van der Waals surface area (Å²) in [7, 11) is 0. The number of thiophene rings is 1. The van der Waals surface area contributed by atoms with Gasteiger partial charge in [0.25, 0.3) is 0 Å². The van der Waals surface area contributed by atoms with Gasteiger partial charge in [-0.2, -0.15) is 0 Å². The Morgan fingerprint density at radius 1 is 1.22 bits per heavy atom. The minimum absolute atomic E-state index is 0.0335. The molecule has 0 saturated carbocycles. The molecule has 1 saturated heterocycles. The van der Waals surface area contributed by atoms with Crippen molar-refractivity contribution in [3.05, 3.63) is 52.2 Å². The smallest absolute Gasteiger partial charge is 0.317 e. The van der Waals surface area contributed by atoms with Gasteiger partial charge in [-0.25, -0.2) is 4.79 Å². The molecule has 0 bridgehead atoms. The van der Waals surface area contributed by atoms with E-state index in [1.807, 2.05) is 23.1 Å². The van der Waals surface area contributed by atoms with Gasteiger partial charge in [0.05, 0.1) is 6.04 Å². The third-order valence-corrected chi connectivity index (χ3v) is 5.50. The fraction of sp³-hybridized carbons (Fsp3) is 0.421. The first-order chi connectivity index (χ1) is 11.3. The van der Waals surface area contributed by atoms with E-state index in [-0.39, 0.29) is 12.1 Å². The maximum Gasteiger partial charge on any atom is 0.322 e. The van der Waals surface area contributed by atoms with Crippen molar-refractivity contribution in [2.45, 2.75) is 45.1 Å². The van der Waals surface area contributed by atoms with Gasteiger partial charge in [-0.05, 0) is 42.3 Å². The van der Waals surface area contributed by atoms with E-state index < -0.39 is 0 Å². The van der Waals surface area contributed by atoms with E-state index in [1.54, 1.807) is 11.3 Å². The summed E-state index contributed by atoms with van der Waals surface area (Å²) in [4.78, 5) is 16.2. The van der Waals surface area contributed by atoms with Gasteiger partial charge in [-0.15, -0.1) is 11.3 Å². The summed E-state index contributed by atoms with van der Waals surface area (Å²) in [6, 6.07) is 12.6. The number of nitrogens with zero attached hydrogens (tertiary/aromatic N) is 1. The Morgan fingerprint density at radius 2 is 2.09 bits per heavy atom. The highest BCUT2D eigenvalue weighted by molar-refractivity contribution is 7.10. The number of urea groups is 1. The van der Waals surface area contributed by atoms with Crippen LogP contribution in [0.1, 0.15) is 49.1 Å². The molecule has 2 heterocycles. The van der Waals surface area contributed by atoms with Gasteiger partial charge in [-0.1, -0.05) is 44.0 Å². The second-order valence-electron chi connectivity index (χ2n) is 6.01. The van der Waals surface area contributed by atoms with Gasteiger partial charge in [0.15, 0.2) is 0 Å². The Balaban J connectivity index is 1.80. The van der Waals surface area contributed by atoms with Crippen LogP contribution in [0.4, 0.5) is 10.5 Å². The lowest BCUT2D eigenvalue weighted by Crippen LogP contribution is -2.38. The minimum atomic E-state index is 0.0335. The zero-order chi connectivity index (χ0) is 16.1. The van der Waals surface area contributed by atoms with Crippen molar-refractivity contribution in [3.8, 4) is 0 Å². The Kier molecular flexibility index (Phi) is 5.34. The number of nitrogens with one attached hydrogen (secondary N) is 1. The number of aryl methyl sites for hydroxylation is 1. The van der Waals surface area contributed by atoms with E-state index in [0.717, 1.165) is 31.5 Å². The maximum absolute atomic E-state index is 12.9. The molecule has 1 aliphatic rings. The van der Waals surface area contributed by atoms with Crippen molar-refractivity contribution >= 4 is 23.1 Å². The third-order valence-electron chi connectivity index (χ3n) is 4.53. The van der Waals surface area contributed by atoms with Crippen LogP contribution in [0.25, 0.3) is 0 Å². The summed E-state index contributed by atoms with van der Waals surface area (Å²) >= 11 is 1.75. The predicted octanol–water partition coefficient (Wildman–Crippen LogP) is 5.46. The number of hydrogen-bond acceptors (Lipinski definition) is 2. The van der Waals surface area contributed by atoms with E-state index >= 15 is 0 Å². The van der Waals surface area contributed by atoms with Crippen LogP contribution in [-0.2, 0) is 6.42 Å². The molecular formula is C19H24N2OS. The van der Waals surface area contributed by atoms with E-state index in [9.17, 15) is 4.79 Å². The zero-order valence-electron chi connectivity index (χ0n) is 13.6. The van der Waals surface area contributed by atoms with Crippen molar-refractivity contribution in [2.24, 2.45) is 0 Å². The summed E-state index contributed by atoms with van der Waals surface area (Å²) in [5.41, 5.74) is 2.12. The summed E-state index contributed by atoms with van der Waals surface area (Å²) in [5, 5.41) is 5.24. The summed E-state index contributed by atoms with van der Waals surface area (Å²) < 4.78 is 0. The first-order valence-corrected chi connectivity index (χ1v) is 9.36. The zero-order valence-corrected chi connectivity index (χ0v) is 14.4. The van der Waals surface area contributed by atoms with Gasteiger partial charge in [0, 0.05) is 17.1 Å². The van der Waals surface area contributed by atoms with Crippen molar-refractivity contribution in [1.82, 2.24) is 4.90 Å². The molecule has 0 radical (unpaired) electrons. The molecule has 1 aromatic carbocycles. The van der Waals surface area contributed by atoms with Crippen molar-refractivity contribution < 1.29 is 4.79 Å². The van der Waals surface area contributed by atoms with Crippen LogP contribution in [0, 0.1) is 0 Å². The topological polar surface area (TPSA) is 32.3 Å². The van der Waals surface area contributed by atoms with E-state index in [2.05, 4.69) is 35.8 Å². The predicted molar refractivity (Wildman–Crippen MR) is 97.1 cm³/mol. The molecule has 4 heteroatoms. The third kappa shape index (κ3) is 3.75. The highest BCUT2D eigenvalue weighted by atomic mass is 32.1. The normalized spacial score (nSPS) is 18.5. The molecule has 1 aliphatic heterocycles. The molecule has 1 atom stereocenters. The van der Waals surface area contributed by atoms with Crippen molar-refractivity contribution in [1.29, 1.82) is 0 Å². The first kappa shape index (κ1) is 16.1. The SMILES string of the molecule is CCc1ccccc1NC(=O)N1CCCCC[C@H]1c1cccs1. The molecule has 1 N–H and O–H groups in total. The average molecular weight is 328 g/mol. The Morgan fingerprint density at radius 3 is 2.87 bits per heavy atom. The molecule has 0 spiro atoms. The lowest BCUT2D eigenvalue weighted by molar-refractivity contribution is 0.190. The van der Waals surface area contributed by atoms with Gasteiger partial charge >= 0.3 is 6.03 Å². The number of rotatable bonds is 3. The number of para-hydroxylation sites is 1. The monoisotopic (exact) mass is 328 g/mol. The minimum Gasteiger partial charge on any atom is -0.317 e. The second kappa shape index (κ2) is 7.64. The molecule has 0 aliphatic carbocycles. The maximum atomic E-state index is 12.9. The highest BCUT2D eigenvalue weighted by Crippen LogP contribution is 2.33. The van der Waals surface area contributed by atoms with Crippen LogP contribution in [0.15, 0.2) is 41.8 Å². The van der Waals surface area contributed by atoms with Crippen LogP contribution >= 0.6 is 11.3 Å². The first-order valence-electron chi connectivity index (χ1n) is 8.48.